The number of carbonyl (C=O) groups is 1. The molecule has 0 spiro atoms. The first kappa shape index (κ1) is 11.9. The molecule has 3 rings (SSSR count). The summed E-state index contributed by atoms with van der Waals surface area (Å²) in [6.45, 7) is 0.176. The number of carboxylic acids is 1. The highest BCUT2D eigenvalue weighted by atomic mass is 19.1. The first-order valence-corrected chi connectivity index (χ1v) is 6.07. The number of nitrogens with zero attached hydrogens (tertiary/aromatic N) is 3. The molecule has 2 aromatic heterocycles. The van der Waals surface area contributed by atoms with Gasteiger partial charge >= 0.3 is 5.97 Å². The summed E-state index contributed by atoms with van der Waals surface area (Å²) in [7, 11) is 0. The minimum atomic E-state index is -1.17. The summed E-state index contributed by atoms with van der Waals surface area (Å²) in [5.41, 5.74) is -0.839. The van der Waals surface area contributed by atoms with Crippen molar-refractivity contribution in [1.29, 1.82) is 0 Å². The van der Waals surface area contributed by atoms with E-state index in [9.17, 15) is 9.18 Å². The van der Waals surface area contributed by atoms with Crippen LogP contribution in [0.4, 0.5) is 10.2 Å². The van der Waals surface area contributed by atoms with E-state index in [1.807, 2.05) is 0 Å². The number of hydrogen-bond donors (Lipinski definition) is 2. The maximum atomic E-state index is 13.9. The molecular weight excluding hydrogens is 251 g/mol. The Morgan fingerprint density at radius 1 is 1.58 bits per heavy atom. The Bertz CT molecular complexity index is 636. The molecule has 7 heteroatoms. The lowest BCUT2D eigenvalue weighted by Crippen LogP contribution is -2.39. The minimum absolute atomic E-state index is 0.0605. The topological polar surface area (TPSA) is 79.5 Å². The molecule has 0 aliphatic heterocycles. The van der Waals surface area contributed by atoms with Crippen LogP contribution < -0.4 is 5.32 Å². The lowest BCUT2D eigenvalue weighted by atomic mass is 9.82. The molecular formula is C12H13FN4O2. The molecule has 0 aromatic carbocycles. The predicted molar refractivity (Wildman–Crippen MR) is 66.1 cm³/mol. The quantitative estimate of drug-likeness (QED) is 0.879. The summed E-state index contributed by atoms with van der Waals surface area (Å²) in [6.07, 6.45) is 6.54. The summed E-state index contributed by atoms with van der Waals surface area (Å²) in [6, 6.07) is 0. The normalized spacial score (nSPS) is 17.1. The molecule has 0 saturated heterocycles. The highest BCUT2D eigenvalue weighted by molar-refractivity contribution is 5.86. The van der Waals surface area contributed by atoms with Crippen molar-refractivity contribution in [2.75, 3.05) is 11.9 Å². The van der Waals surface area contributed by atoms with Gasteiger partial charge in [-0.1, -0.05) is 0 Å². The van der Waals surface area contributed by atoms with Crippen LogP contribution in [0.15, 0.2) is 18.6 Å². The number of alkyl halides is 1. The van der Waals surface area contributed by atoms with Crippen molar-refractivity contribution in [2.45, 2.75) is 24.9 Å². The van der Waals surface area contributed by atoms with Gasteiger partial charge in [0.05, 0.1) is 6.54 Å². The fourth-order valence-electron chi connectivity index (χ4n) is 2.13. The van der Waals surface area contributed by atoms with Crippen LogP contribution >= 0.6 is 0 Å². The molecule has 0 atom stereocenters. The monoisotopic (exact) mass is 264 g/mol. The van der Waals surface area contributed by atoms with Gasteiger partial charge < -0.3 is 14.8 Å². The van der Waals surface area contributed by atoms with Crippen molar-refractivity contribution >= 4 is 17.4 Å². The van der Waals surface area contributed by atoms with E-state index in [0.717, 1.165) is 6.42 Å². The smallest absolute Gasteiger partial charge is 0.356 e. The van der Waals surface area contributed by atoms with E-state index >= 15 is 0 Å². The van der Waals surface area contributed by atoms with E-state index in [1.165, 1.54) is 12.4 Å². The lowest BCUT2D eigenvalue weighted by molar-refractivity contribution is 0.0691. The Labute approximate surface area is 108 Å². The molecule has 1 aliphatic carbocycles. The number of halogens is 1. The zero-order chi connectivity index (χ0) is 13.5. The zero-order valence-electron chi connectivity index (χ0n) is 10.1. The largest absolute Gasteiger partial charge is 0.476 e. The van der Waals surface area contributed by atoms with Crippen LogP contribution in [0, 0.1) is 0 Å². The number of imidazole rings is 1. The van der Waals surface area contributed by atoms with E-state index < -0.39 is 11.6 Å². The Hall–Kier alpha value is -2.18. The summed E-state index contributed by atoms with van der Waals surface area (Å²) in [4.78, 5) is 18.9. The number of carboxylic acid groups (broad SMARTS) is 1. The number of nitrogens with one attached hydrogen (secondary N) is 1. The second-order valence-corrected chi connectivity index (χ2v) is 4.80. The van der Waals surface area contributed by atoms with Crippen molar-refractivity contribution in [3.05, 3.63) is 24.3 Å². The van der Waals surface area contributed by atoms with Gasteiger partial charge in [-0.15, -0.1) is 0 Å². The van der Waals surface area contributed by atoms with Gasteiger partial charge in [-0.05, 0) is 19.3 Å². The molecule has 6 nitrogen and oxygen atoms in total. The van der Waals surface area contributed by atoms with Crippen LogP contribution in [0.25, 0.3) is 5.65 Å². The zero-order valence-corrected chi connectivity index (χ0v) is 10.1. The second kappa shape index (κ2) is 4.18. The van der Waals surface area contributed by atoms with Gasteiger partial charge in [0.15, 0.2) is 17.2 Å². The Kier molecular flexibility index (Phi) is 2.62. The third kappa shape index (κ3) is 2.11. The van der Waals surface area contributed by atoms with Crippen LogP contribution in [0.2, 0.25) is 0 Å². The maximum absolute atomic E-state index is 13.9. The van der Waals surface area contributed by atoms with Gasteiger partial charge in [-0.2, -0.15) is 0 Å². The Morgan fingerprint density at radius 3 is 3.00 bits per heavy atom. The van der Waals surface area contributed by atoms with Crippen molar-refractivity contribution in [3.8, 4) is 0 Å². The molecule has 0 unspecified atom stereocenters. The van der Waals surface area contributed by atoms with Crippen molar-refractivity contribution in [3.63, 3.8) is 0 Å². The second-order valence-electron chi connectivity index (χ2n) is 4.80. The van der Waals surface area contributed by atoms with Crippen molar-refractivity contribution in [1.82, 2.24) is 14.4 Å². The third-order valence-electron chi connectivity index (χ3n) is 3.42. The standard InChI is InChI=1S/C12H13FN4O2/c13-12(2-1-3-12)7-15-9-10-16-8(11(18)19)6-17(10)5-4-14-9/h4-6H,1-3,7H2,(H,14,15)(H,18,19). The van der Waals surface area contributed by atoms with Gasteiger partial charge in [-0.3, -0.25) is 0 Å². The van der Waals surface area contributed by atoms with Gasteiger partial charge in [0.2, 0.25) is 0 Å². The Morgan fingerprint density at radius 2 is 2.37 bits per heavy atom. The summed E-state index contributed by atoms with van der Waals surface area (Å²) in [5, 5.41) is 11.8. The molecule has 19 heavy (non-hydrogen) atoms. The van der Waals surface area contributed by atoms with Crippen LogP contribution in [0.3, 0.4) is 0 Å². The fraction of sp³-hybridized carbons (Fsp3) is 0.417. The van der Waals surface area contributed by atoms with E-state index in [1.54, 1.807) is 10.6 Å². The molecule has 0 bridgehead atoms. The van der Waals surface area contributed by atoms with E-state index in [0.29, 0.717) is 24.3 Å². The fourth-order valence-corrected chi connectivity index (χ4v) is 2.13. The average Bonchev–Trinajstić information content (AvgIpc) is 2.78. The van der Waals surface area contributed by atoms with Gasteiger partial charge in [0, 0.05) is 18.6 Å². The first-order valence-electron chi connectivity index (χ1n) is 6.07. The first-order chi connectivity index (χ1) is 9.07. The van der Waals surface area contributed by atoms with Gasteiger partial charge in [-0.25, -0.2) is 19.2 Å². The maximum Gasteiger partial charge on any atom is 0.356 e. The number of anilines is 1. The van der Waals surface area contributed by atoms with Crippen LogP contribution in [0.1, 0.15) is 29.8 Å². The molecule has 2 heterocycles. The number of aromatic carboxylic acids is 1. The third-order valence-corrected chi connectivity index (χ3v) is 3.42. The molecule has 0 radical (unpaired) electrons. The molecule has 1 fully saturated rings. The number of aromatic nitrogens is 3. The lowest BCUT2D eigenvalue weighted by Gasteiger charge is -2.33. The molecule has 100 valence electrons. The molecule has 1 saturated carbocycles. The van der Waals surface area contributed by atoms with Gasteiger partial charge in [0.25, 0.3) is 0 Å². The summed E-state index contributed by atoms with van der Waals surface area (Å²) in [5.74, 6) is -0.700. The number of hydrogen-bond acceptors (Lipinski definition) is 4. The van der Waals surface area contributed by atoms with E-state index in [4.69, 9.17) is 5.11 Å². The SMILES string of the molecule is O=C(O)c1cn2ccnc(NCC3(F)CCC3)c2n1. The number of fused-ring (bicyclic) bond motifs is 1. The van der Waals surface area contributed by atoms with Crippen LogP contribution in [-0.2, 0) is 0 Å². The van der Waals surface area contributed by atoms with Crippen LogP contribution in [0.5, 0.6) is 0 Å². The predicted octanol–water partition coefficient (Wildman–Crippen LogP) is 1.73. The molecule has 1 aliphatic rings. The molecule has 2 N–H and O–H groups in total. The van der Waals surface area contributed by atoms with E-state index in [-0.39, 0.29) is 12.2 Å². The summed E-state index contributed by atoms with van der Waals surface area (Å²) < 4.78 is 15.5. The Balaban J connectivity index is 1.88. The summed E-state index contributed by atoms with van der Waals surface area (Å²) >= 11 is 0. The molecule has 0 amide bonds. The number of rotatable bonds is 4. The van der Waals surface area contributed by atoms with Crippen molar-refractivity contribution < 1.29 is 14.3 Å². The van der Waals surface area contributed by atoms with E-state index in [2.05, 4.69) is 15.3 Å². The van der Waals surface area contributed by atoms with Gasteiger partial charge in [0.1, 0.15) is 5.67 Å². The highest BCUT2D eigenvalue weighted by Gasteiger charge is 2.36. The van der Waals surface area contributed by atoms with Crippen LogP contribution in [-0.4, -0.2) is 37.7 Å². The molecule has 2 aromatic rings. The minimum Gasteiger partial charge on any atom is -0.476 e. The van der Waals surface area contributed by atoms with Crippen molar-refractivity contribution in [2.24, 2.45) is 0 Å². The highest BCUT2D eigenvalue weighted by Crippen LogP contribution is 2.35. The average molecular weight is 264 g/mol.